The molecular formula is C18H19ClN2O3S. The third kappa shape index (κ3) is 6.32. The molecule has 2 amide bonds. The smallest absolute Gasteiger partial charge is 0.252 e. The van der Waals surface area contributed by atoms with E-state index in [-0.39, 0.29) is 11.8 Å². The predicted octanol–water partition coefficient (Wildman–Crippen LogP) is 2.99. The van der Waals surface area contributed by atoms with Crippen LogP contribution in [-0.2, 0) is 4.79 Å². The molecule has 2 aromatic rings. The highest BCUT2D eigenvalue weighted by Crippen LogP contribution is 2.20. The fraction of sp³-hybridized carbons (Fsp3) is 0.222. The lowest BCUT2D eigenvalue weighted by atomic mass is 10.2. The molecule has 2 aromatic carbocycles. The van der Waals surface area contributed by atoms with Crippen LogP contribution in [0.3, 0.4) is 0 Å². The zero-order valence-electron chi connectivity index (χ0n) is 13.8. The maximum absolute atomic E-state index is 12.0. The number of carbonyl (C=O) groups is 2. The van der Waals surface area contributed by atoms with E-state index in [4.69, 9.17) is 16.3 Å². The van der Waals surface area contributed by atoms with Gasteiger partial charge in [0, 0.05) is 18.0 Å². The number of hydrogen-bond donors (Lipinski definition) is 2. The van der Waals surface area contributed by atoms with Crippen molar-refractivity contribution < 1.29 is 14.3 Å². The minimum Gasteiger partial charge on any atom is -0.497 e. The van der Waals surface area contributed by atoms with Gasteiger partial charge in [0.05, 0.1) is 23.4 Å². The van der Waals surface area contributed by atoms with Gasteiger partial charge in [-0.05, 0) is 36.4 Å². The number of carbonyl (C=O) groups excluding carboxylic acids is 2. The summed E-state index contributed by atoms with van der Waals surface area (Å²) in [6, 6.07) is 14.3. The van der Waals surface area contributed by atoms with Gasteiger partial charge in [-0.2, -0.15) is 0 Å². The maximum Gasteiger partial charge on any atom is 0.252 e. The summed E-state index contributed by atoms with van der Waals surface area (Å²) >= 11 is 7.40. The van der Waals surface area contributed by atoms with Crippen LogP contribution in [0.4, 0.5) is 0 Å². The highest BCUT2D eigenvalue weighted by Gasteiger charge is 2.09. The van der Waals surface area contributed by atoms with E-state index in [9.17, 15) is 9.59 Å². The lowest BCUT2D eigenvalue weighted by molar-refractivity contribution is -0.118. The lowest BCUT2D eigenvalue weighted by Crippen LogP contribution is -2.35. The Morgan fingerprint density at radius 2 is 1.72 bits per heavy atom. The Hall–Kier alpha value is -2.18. The van der Waals surface area contributed by atoms with E-state index in [1.54, 1.807) is 31.4 Å². The predicted molar refractivity (Wildman–Crippen MR) is 101 cm³/mol. The SMILES string of the molecule is COc1ccc(SCC(=O)NCCNC(=O)c2ccccc2Cl)cc1. The minimum absolute atomic E-state index is 0.0900. The van der Waals surface area contributed by atoms with Gasteiger partial charge >= 0.3 is 0 Å². The molecule has 0 saturated heterocycles. The van der Waals surface area contributed by atoms with Crippen molar-refractivity contribution in [3.05, 3.63) is 59.1 Å². The average molecular weight is 379 g/mol. The van der Waals surface area contributed by atoms with Crippen molar-refractivity contribution >= 4 is 35.2 Å². The first kappa shape index (κ1) is 19.1. The summed E-state index contributed by atoms with van der Waals surface area (Å²) in [5.41, 5.74) is 0.422. The first-order valence-electron chi connectivity index (χ1n) is 7.66. The number of benzene rings is 2. The van der Waals surface area contributed by atoms with Crippen molar-refractivity contribution in [1.29, 1.82) is 0 Å². The molecule has 0 heterocycles. The van der Waals surface area contributed by atoms with E-state index in [0.717, 1.165) is 10.6 Å². The van der Waals surface area contributed by atoms with Crippen LogP contribution in [0.25, 0.3) is 0 Å². The number of hydrogen-bond acceptors (Lipinski definition) is 4. The molecule has 0 saturated carbocycles. The normalized spacial score (nSPS) is 10.2. The fourth-order valence-electron chi connectivity index (χ4n) is 1.99. The summed E-state index contributed by atoms with van der Waals surface area (Å²) in [5, 5.41) is 5.89. The number of halogens is 1. The Kier molecular flexibility index (Phi) is 7.63. The van der Waals surface area contributed by atoms with Crippen LogP contribution < -0.4 is 15.4 Å². The zero-order chi connectivity index (χ0) is 18.1. The molecule has 2 N–H and O–H groups in total. The van der Waals surface area contributed by atoms with Gasteiger partial charge in [-0.1, -0.05) is 23.7 Å². The van der Waals surface area contributed by atoms with Crippen molar-refractivity contribution in [3.8, 4) is 5.75 Å². The van der Waals surface area contributed by atoms with Crippen LogP contribution in [0.2, 0.25) is 5.02 Å². The highest BCUT2D eigenvalue weighted by atomic mass is 35.5. The average Bonchev–Trinajstić information content (AvgIpc) is 2.64. The maximum atomic E-state index is 12.0. The van der Waals surface area contributed by atoms with Crippen molar-refractivity contribution in [2.45, 2.75) is 4.90 Å². The molecule has 132 valence electrons. The molecule has 0 radical (unpaired) electrons. The van der Waals surface area contributed by atoms with E-state index in [1.807, 2.05) is 24.3 Å². The molecule has 7 heteroatoms. The third-order valence-corrected chi connectivity index (χ3v) is 4.62. The van der Waals surface area contributed by atoms with Crippen molar-refractivity contribution in [1.82, 2.24) is 10.6 Å². The van der Waals surface area contributed by atoms with Crippen LogP contribution in [0.5, 0.6) is 5.75 Å². The second-order valence-corrected chi connectivity index (χ2v) is 6.51. The molecule has 0 aromatic heterocycles. The van der Waals surface area contributed by atoms with E-state index in [2.05, 4.69) is 10.6 Å². The van der Waals surface area contributed by atoms with Gasteiger partial charge < -0.3 is 15.4 Å². The Morgan fingerprint density at radius 1 is 1.04 bits per heavy atom. The topological polar surface area (TPSA) is 67.4 Å². The third-order valence-electron chi connectivity index (χ3n) is 3.28. The molecule has 0 fully saturated rings. The van der Waals surface area contributed by atoms with Crippen LogP contribution >= 0.6 is 23.4 Å². The van der Waals surface area contributed by atoms with E-state index in [1.165, 1.54) is 11.8 Å². The summed E-state index contributed by atoms with van der Waals surface area (Å²) in [6.45, 7) is 0.696. The number of methoxy groups -OCH3 is 1. The second kappa shape index (κ2) is 9.96. The largest absolute Gasteiger partial charge is 0.497 e. The Morgan fingerprint density at radius 3 is 2.40 bits per heavy atom. The zero-order valence-corrected chi connectivity index (χ0v) is 15.3. The van der Waals surface area contributed by atoms with Gasteiger partial charge in [-0.3, -0.25) is 9.59 Å². The number of thioether (sulfide) groups is 1. The van der Waals surface area contributed by atoms with Crippen LogP contribution in [0, 0.1) is 0 Å². The summed E-state index contributed by atoms with van der Waals surface area (Å²) < 4.78 is 5.09. The molecule has 25 heavy (non-hydrogen) atoms. The first-order valence-corrected chi connectivity index (χ1v) is 9.03. The van der Waals surface area contributed by atoms with Gasteiger partial charge in [0.15, 0.2) is 0 Å². The molecule has 0 unspecified atom stereocenters. The molecule has 0 aliphatic rings. The Balaban J connectivity index is 1.65. The van der Waals surface area contributed by atoms with Crippen molar-refractivity contribution in [2.75, 3.05) is 26.0 Å². The summed E-state index contributed by atoms with van der Waals surface area (Å²) in [6.07, 6.45) is 0. The van der Waals surface area contributed by atoms with Gasteiger partial charge in [-0.25, -0.2) is 0 Å². The summed E-state index contributed by atoms with van der Waals surface area (Å²) in [7, 11) is 1.61. The number of amides is 2. The number of rotatable bonds is 8. The molecule has 0 bridgehead atoms. The summed E-state index contributed by atoms with van der Waals surface area (Å²) in [5.74, 6) is 0.744. The van der Waals surface area contributed by atoms with Crippen LogP contribution in [-0.4, -0.2) is 37.8 Å². The van der Waals surface area contributed by atoms with Gasteiger partial charge in [0.2, 0.25) is 5.91 Å². The molecule has 0 atom stereocenters. The molecule has 2 rings (SSSR count). The first-order chi connectivity index (χ1) is 12.1. The van der Waals surface area contributed by atoms with Gasteiger partial charge in [-0.15, -0.1) is 11.8 Å². The van der Waals surface area contributed by atoms with Crippen molar-refractivity contribution in [3.63, 3.8) is 0 Å². The standard InChI is InChI=1S/C18H19ClN2O3S/c1-24-13-6-8-14(9-7-13)25-12-17(22)20-10-11-21-18(23)15-4-2-3-5-16(15)19/h2-9H,10-12H2,1H3,(H,20,22)(H,21,23). The Labute approximate surface area is 156 Å². The second-order valence-electron chi connectivity index (χ2n) is 5.05. The molecular weight excluding hydrogens is 360 g/mol. The lowest BCUT2D eigenvalue weighted by Gasteiger charge is -2.08. The van der Waals surface area contributed by atoms with Gasteiger partial charge in [0.1, 0.15) is 5.75 Å². The monoisotopic (exact) mass is 378 g/mol. The quantitative estimate of drug-likeness (QED) is 0.547. The molecule has 0 spiro atoms. The minimum atomic E-state index is -0.257. The van der Waals surface area contributed by atoms with E-state index >= 15 is 0 Å². The van der Waals surface area contributed by atoms with E-state index in [0.29, 0.717) is 29.4 Å². The Bertz CT molecular complexity index is 723. The number of ether oxygens (including phenoxy) is 1. The van der Waals surface area contributed by atoms with Crippen LogP contribution in [0.1, 0.15) is 10.4 Å². The highest BCUT2D eigenvalue weighted by molar-refractivity contribution is 8.00. The molecule has 0 aliphatic carbocycles. The molecule has 5 nitrogen and oxygen atoms in total. The number of nitrogens with one attached hydrogen (secondary N) is 2. The fourth-order valence-corrected chi connectivity index (χ4v) is 2.94. The van der Waals surface area contributed by atoms with Gasteiger partial charge in [0.25, 0.3) is 5.91 Å². The van der Waals surface area contributed by atoms with Crippen molar-refractivity contribution in [2.24, 2.45) is 0 Å². The molecule has 0 aliphatic heterocycles. The van der Waals surface area contributed by atoms with E-state index < -0.39 is 0 Å². The van der Waals surface area contributed by atoms with Crippen LogP contribution in [0.15, 0.2) is 53.4 Å². The summed E-state index contributed by atoms with van der Waals surface area (Å²) in [4.78, 5) is 24.8.